The van der Waals surface area contributed by atoms with E-state index in [4.69, 9.17) is 9.98 Å². The number of hydrogen-bond acceptors (Lipinski definition) is 2. The predicted molar refractivity (Wildman–Crippen MR) is 113 cm³/mol. The van der Waals surface area contributed by atoms with Gasteiger partial charge in [0.1, 0.15) is 0 Å². The largest absolute Gasteiger partial charge is 0.278 e. The first-order chi connectivity index (χ1) is 12.4. The Morgan fingerprint density at radius 1 is 1.08 bits per heavy atom. The highest BCUT2D eigenvalue weighted by Gasteiger charge is 2.34. The minimum absolute atomic E-state index is 0.0863. The van der Waals surface area contributed by atoms with Crippen LogP contribution in [0.15, 0.2) is 74.8 Å². The van der Waals surface area contributed by atoms with Crippen LogP contribution in [0.2, 0.25) is 0 Å². The fourth-order valence-corrected chi connectivity index (χ4v) is 3.75. The average Bonchev–Trinajstić information content (AvgIpc) is 2.67. The van der Waals surface area contributed by atoms with Gasteiger partial charge >= 0.3 is 0 Å². The van der Waals surface area contributed by atoms with Gasteiger partial charge in [0.25, 0.3) is 0 Å². The Morgan fingerprint density at radius 2 is 1.77 bits per heavy atom. The maximum absolute atomic E-state index is 5.18. The van der Waals surface area contributed by atoms with Gasteiger partial charge < -0.3 is 0 Å². The third-order valence-corrected chi connectivity index (χ3v) is 6.00. The summed E-state index contributed by atoms with van der Waals surface area (Å²) in [6.45, 7) is 13.3. The van der Waals surface area contributed by atoms with Crippen molar-refractivity contribution in [2.75, 3.05) is 0 Å². The van der Waals surface area contributed by atoms with Crippen LogP contribution in [-0.2, 0) is 0 Å². The number of benzene rings is 1. The molecule has 3 rings (SSSR count). The minimum atomic E-state index is -0.0863. The number of aliphatic imine (C=N–C) groups is 2. The van der Waals surface area contributed by atoms with Crippen LogP contribution in [0, 0.1) is 0 Å². The van der Waals surface area contributed by atoms with Gasteiger partial charge in [-0.15, -0.1) is 0 Å². The van der Waals surface area contributed by atoms with Crippen LogP contribution < -0.4 is 0 Å². The maximum atomic E-state index is 5.18. The molecule has 1 heterocycles. The molecule has 0 spiro atoms. The van der Waals surface area contributed by atoms with Crippen LogP contribution in [-0.4, -0.2) is 17.0 Å². The second kappa shape index (κ2) is 7.19. The van der Waals surface area contributed by atoms with E-state index in [0.717, 1.165) is 18.6 Å². The van der Waals surface area contributed by atoms with E-state index in [0.29, 0.717) is 0 Å². The van der Waals surface area contributed by atoms with Crippen LogP contribution >= 0.6 is 0 Å². The van der Waals surface area contributed by atoms with Crippen molar-refractivity contribution >= 4 is 11.4 Å². The van der Waals surface area contributed by atoms with Crippen LogP contribution in [0.1, 0.15) is 66.0 Å². The Hall–Kier alpha value is -2.22. The third-order valence-electron chi connectivity index (χ3n) is 6.00. The topological polar surface area (TPSA) is 24.7 Å². The van der Waals surface area contributed by atoms with Crippen LogP contribution in [0.25, 0.3) is 0 Å². The number of dihydropyridines is 1. The van der Waals surface area contributed by atoms with E-state index in [1.807, 2.05) is 6.07 Å². The molecule has 26 heavy (non-hydrogen) atoms. The van der Waals surface area contributed by atoms with E-state index in [2.05, 4.69) is 78.0 Å². The summed E-state index contributed by atoms with van der Waals surface area (Å²) < 4.78 is 0. The lowest BCUT2D eigenvalue weighted by molar-refractivity contribution is 0.525. The summed E-state index contributed by atoms with van der Waals surface area (Å²) in [7, 11) is 0. The van der Waals surface area contributed by atoms with Crippen molar-refractivity contribution in [1.82, 2.24) is 0 Å². The highest BCUT2D eigenvalue weighted by molar-refractivity contribution is 6.26. The Bertz CT molecular complexity index is 849. The molecule has 0 saturated carbocycles. The standard InChI is InChI=1S/C24H30N2/c1-7-19-14-21(25-18(5)20-12-10-9-11-13-20)15-22-16(3)17(4)24(6,8-2)26-23(19)22/h9-15,18H,7-8H2,1-6H3. The molecule has 1 aromatic carbocycles. The molecule has 2 nitrogen and oxygen atoms in total. The Labute approximate surface area is 158 Å². The van der Waals surface area contributed by atoms with E-state index < -0.39 is 0 Å². The van der Waals surface area contributed by atoms with Crippen molar-refractivity contribution in [1.29, 1.82) is 0 Å². The predicted octanol–water partition coefficient (Wildman–Crippen LogP) is 6.42. The van der Waals surface area contributed by atoms with Gasteiger partial charge in [-0.1, -0.05) is 44.2 Å². The molecule has 2 heteroatoms. The molecule has 0 fully saturated rings. The normalized spacial score (nSPS) is 25.5. The van der Waals surface area contributed by atoms with Crippen molar-refractivity contribution < 1.29 is 0 Å². The monoisotopic (exact) mass is 346 g/mol. The van der Waals surface area contributed by atoms with Gasteiger partial charge in [-0.25, -0.2) is 0 Å². The Balaban J connectivity index is 2.06. The average molecular weight is 347 g/mol. The second-order valence-corrected chi connectivity index (χ2v) is 7.56. The Morgan fingerprint density at radius 3 is 2.38 bits per heavy atom. The fraction of sp³-hybridized carbons (Fsp3) is 0.417. The Kier molecular flexibility index (Phi) is 5.13. The molecule has 0 bridgehead atoms. The molecule has 2 atom stereocenters. The summed E-state index contributed by atoms with van der Waals surface area (Å²) in [6.07, 6.45) is 6.45. The van der Waals surface area contributed by atoms with E-state index in [1.54, 1.807) is 0 Å². The van der Waals surface area contributed by atoms with Crippen LogP contribution in [0.5, 0.6) is 0 Å². The summed E-state index contributed by atoms with van der Waals surface area (Å²) >= 11 is 0. The lowest BCUT2D eigenvalue weighted by Crippen LogP contribution is -2.32. The first-order valence-corrected chi connectivity index (χ1v) is 9.73. The van der Waals surface area contributed by atoms with Crippen molar-refractivity contribution in [3.05, 3.63) is 70.3 Å². The summed E-state index contributed by atoms with van der Waals surface area (Å²) in [5.41, 5.74) is 8.68. The first kappa shape index (κ1) is 18.6. The van der Waals surface area contributed by atoms with Crippen LogP contribution in [0.3, 0.4) is 0 Å². The SMILES string of the molecule is CCC1=CC(=NC(C)c2ccccc2)C=C2C1=NC(C)(CC)C(C)=C2C. The second-order valence-electron chi connectivity index (χ2n) is 7.56. The molecule has 0 saturated heterocycles. The zero-order chi connectivity index (χ0) is 18.9. The summed E-state index contributed by atoms with van der Waals surface area (Å²) in [5, 5.41) is 0. The van der Waals surface area contributed by atoms with E-state index in [1.165, 1.54) is 33.6 Å². The van der Waals surface area contributed by atoms with Gasteiger partial charge in [0.2, 0.25) is 0 Å². The highest BCUT2D eigenvalue weighted by atomic mass is 14.9. The molecular formula is C24H30N2. The smallest absolute Gasteiger partial charge is 0.0796 e. The fourth-order valence-electron chi connectivity index (χ4n) is 3.75. The van der Waals surface area contributed by atoms with Gasteiger partial charge in [0, 0.05) is 5.57 Å². The number of hydrogen-bond donors (Lipinski definition) is 0. The highest BCUT2D eigenvalue weighted by Crippen LogP contribution is 2.39. The van der Waals surface area contributed by atoms with Crippen molar-refractivity contribution in [3.63, 3.8) is 0 Å². The lowest BCUT2D eigenvalue weighted by atomic mass is 9.77. The maximum Gasteiger partial charge on any atom is 0.0796 e. The number of allylic oxidation sites excluding steroid dienone is 5. The molecule has 2 unspecified atom stereocenters. The van der Waals surface area contributed by atoms with E-state index >= 15 is 0 Å². The molecule has 0 N–H and O–H groups in total. The van der Waals surface area contributed by atoms with Gasteiger partial charge in [0.15, 0.2) is 0 Å². The van der Waals surface area contributed by atoms with Gasteiger partial charge in [-0.2, -0.15) is 0 Å². The molecule has 136 valence electrons. The summed E-state index contributed by atoms with van der Waals surface area (Å²) in [4.78, 5) is 10.2. The van der Waals surface area contributed by atoms with E-state index in [9.17, 15) is 0 Å². The third kappa shape index (κ3) is 3.25. The van der Waals surface area contributed by atoms with E-state index in [-0.39, 0.29) is 11.6 Å². The molecule has 2 aliphatic rings. The first-order valence-electron chi connectivity index (χ1n) is 9.73. The number of nitrogens with zero attached hydrogens (tertiary/aromatic N) is 2. The quantitative estimate of drug-likeness (QED) is 0.562. The molecule has 1 aliphatic carbocycles. The zero-order valence-electron chi connectivity index (χ0n) is 16.9. The summed E-state index contributed by atoms with van der Waals surface area (Å²) in [5.74, 6) is 0. The molecule has 0 radical (unpaired) electrons. The van der Waals surface area contributed by atoms with Crippen molar-refractivity contribution in [3.8, 4) is 0 Å². The molecular weight excluding hydrogens is 316 g/mol. The lowest BCUT2D eigenvalue weighted by Gasteiger charge is -2.35. The summed E-state index contributed by atoms with van der Waals surface area (Å²) in [6, 6.07) is 10.6. The zero-order valence-corrected chi connectivity index (χ0v) is 16.9. The minimum Gasteiger partial charge on any atom is -0.278 e. The molecule has 1 aromatic rings. The molecule has 0 amide bonds. The number of fused-ring (bicyclic) bond motifs is 1. The van der Waals surface area contributed by atoms with Crippen molar-refractivity contribution in [2.45, 2.75) is 66.0 Å². The van der Waals surface area contributed by atoms with Gasteiger partial charge in [-0.05, 0) is 75.0 Å². The number of rotatable bonds is 4. The molecule has 0 aromatic heterocycles. The van der Waals surface area contributed by atoms with Gasteiger partial charge in [-0.3, -0.25) is 9.98 Å². The molecule has 1 aliphatic heterocycles. The van der Waals surface area contributed by atoms with Gasteiger partial charge in [0.05, 0.1) is 23.0 Å². The van der Waals surface area contributed by atoms with Crippen molar-refractivity contribution in [2.24, 2.45) is 9.98 Å². The van der Waals surface area contributed by atoms with Crippen LogP contribution in [0.4, 0.5) is 0 Å².